The van der Waals surface area contributed by atoms with Gasteiger partial charge in [0, 0.05) is 18.3 Å². The topological polar surface area (TPSA) is 56.3 Å². The Labute approximate surface area is 101 Å². The van der Waals surface area contributed by atoms with E-state index in [1.807, 2.05) is 6.07 Å². The van der Waals surface area contributed by atoms with E-state index in [-0.39, 0.29) is 18.8 Å². The molecule has 1 rings (SSSR count). The summed E-state index contributed by atoms with van der Waals surface area (Å²) in [5.74, 6) is -0.671. The predicted octanol–water partition coefficient (Wildman–Crippen LogP) is 1.78. The van der Waals surface area contributed by atoms with Gasteiger partial charge in [-0.1, -0.05) is 6.07 Å². The van der Waals surface area contributed by atoms with Gasteiger partial charge in [0.2, 0.25) is 0 Å². The second kappa shape index (κ2) is 5.57. The lowest BCUT2D eigenvalue weighted by Crippen LogP contribution is -2.36. The van der Waals surface area contributed by atoms with Gasteiger partial charge >= 0.3 is 5.97 Å². The number of nitrogens with zero attached hydrogens (tertiary/aromatic N) is 1. The summed E-state index contributed by atoms with van der Waals surface area (Å²) in [6.07, 6.45) is 1.77. The minimum atomic E-state index is -1.12. The van der Waals surface area contributed by atoms with Crippen LogP contribution in [0.1, 0.15) is 26.5 Å². The van der Waals surface area contributed by atoms with Crippen molar-refractivity contribution in [2.75, 3.05) is 6.61 Å². The third-order valence-corrected chi connectivity index (χ3v) is 2.55. The summed E-state index contributed by atoms with van der Waals surface area (Å²) in [5, 5.41) is 0. The van der Waals surface area contributed by atoms with Crippen LogP contribution in [0.5, 0.6) is 0 Å². The van der Waals surface area contributed by atoms with Gasteiger partial charge in [0.25, 0.3) is 0 Å². The molecule has 1 aromatic rings. The first-order valence-corrected chi connectivity index (χ1v) is 5.59. The molecular weight excluding hydrogens is 218 g/mol. The maximum atomic E-state index is 12.0. The maximum absolute atomic E-state index is 12.0. The Morgan fingerprint density at radius 3 is 2.59 bits per heavy atom. The number of aromatic nitrogens is 1. The first-order valence-electron chi connectivity index (χ1n) is 5.59. The number of ether oxygens (including phenoxy) is 1. The number of ketones is 1. The van der Waals surface area contributed by atoms with Gasteiger partial charge in [-0.2, -0.15) is 0 Å². The van der Waals surface area contributed by atoms with Crippen molar-refractivity contribution >= 4 is 11.8 Å². The van der Waals surface area contributed by atoms with Gasteiger partial charge in [0.05, 0.1) is 6.61 Å². The molecular formula is C13H17NO3. The van der Waals surface area contributed by atoms with Crippen LogP contribution < -0.4 is 0 Å². The van der Waals surface area contributed by atoms with Crippen molar-refractivity contribution in [1.82, 2.24) is 4.98 Å². The molecule has 92 valence electrons. The van der Waals surface area contributed by atoms with Crippen LogP contribution in [0.3, 0.4) is 0 Å². The number of pyridine rings is 1. The lowest BCUT2D eigenvalue weighted by molar-refractivity contribution is -0.157. The van der Waals surface area contributed by atoms with E-state index >= 15 is 0 Å². The Bertz CT molecular complexity index is 398. The molecule has 1 aromatic heterocycles. The minimum absolute atomic E-state index is 0.145. The Balaban J connectivity index is 2.73. The molecule has 0 atom stereocenters. The average Bonchev–Trinajstić information content (AvgIpc) is 2.30. The highest BCUT2D eigenvalue weighted by Gasteiger charge is 2.37. The third-order valence-electron chi connectivity index (χ3n) is 2.55. The standard InChI is InChI=1S/C13H17NO3/c1-4-17-12(16)13(2,3)11(15)9-10-7-5-6-8-14-10/h5-8H,4,9H2,1-3H3. The van der Waals surface area contributed by atoms with Crippen molar-refractivity contribution in [3.05, 3.63) is 30.1 Å². The van der Waals surface area contributed by atoms with Crippen molar-refractivity contribution in [1.29, 1.82) is 0 Å². The molecule has 0 aromatic carbocycles. The van der Waals surface area contributed by atoms with E-state index in [4.69, 9.17) is 4.74 Å². The monoisotopic (exact) mass is 235 g/mol. The Hall–Kier alpha value is -1.71. The van der Waals surface area contributed by atoms with Crippen molar-refractivity contribution in [2.45, 2.75) is 27.2 Å². The molecule has 4 nitrogen and oxygen atoms in total. The molecule has 0 aliphatic rings. The average molecular weight is 235 g/mol. The van der Waals surface area contributed by atoms with Crippen LogP contribution in [-0.2, 0) is 20.7 Å². The Morgan fingerprint density at radius 2 is 2.06 bits per heavy atom. The van der Waals surface area contributed by atoms with Crippen LogP contribution >= 0.6 is 0 Å². The smallest absolute Gasteiger partial charge is 0.319 e. The molecule has 0 spiro atoms. The number of hydrogen-bond acceptors (Lipinski definition) is 4. The van der Waals surface area contributed by atoms with Crippen molar-refractivity contribution in [3.8, 4) is 0 Å². The fourth-order valence-electron chi connectivity index (χ4n) is 1.31. The van der Waals surface area contributed by atoms with Crippen molar-refractivity contribution in [2.24, 2.45) is 5.41 Å². The second-order valence-corrected chi connectivity index (χ2v) is 4.27. The molecule has 1 heterocycles. The summed E-state index contributed by atoms with van der Waals surface area (Å²) >= 11 is 0. The molecule has 0 unspecified atom stereocenters. The molecule has 17 heavy (non-hydrogen) atoms. The van der Waals surface area contributed by atoms with E-state index in [9.17, 15) is 9.59 Å². The molecule has 0 aliphatic heterocycles. The molecule has 0 N–H and O–H groups in total. The Morgan fingerprint density at radius 1 is 1.35 bits per heavy atom. The lowest BCUT2D eigenvalue weighted by Gasteiger charge is -2.20. The van der Waals surface area contributed by atoms with E-state index in [2.05, 4.69) is 4.98 Å². The summed E-state index contributed by atoms with van der Waals surface area (Å²) in [6.45, 7) is 5.16. The fraction of sp³-hybridized carbons (Fsp3) is 0.462. The van der Waals surface area contributed by atoms with Crippen LogP contribution in [0.25, 0.3) is 0 Å². The van der Waals surface area contributed by atoms with E-state index in [0.29, 0.717) is 5.69 Å². The number of carbonyl (C=O) groups is 2. The molecule has 0 saturated heterocycles. The van der Waals surface area contributed by atoms with Gasteiger partial charge in [-0.05, 0) is 32.9 Å². The summed E-state index contributed by atoms with van der Waals surface area (Å²) in [5.41, 5.74) is -0.456. The van der Waals surface area contributed by atoms with Crippen molar-refractivity contribution in [3.63, 3.8) is 0 Å². The highest BCUT2D eigenvalue weighted by molar-refractivity contribution is 6.03. The zero-order valence-electron chi connectivity index (χ0n) is 10.4. The molecule has 0 amide bonds. The number of hydrogen-bond donors (Lipinski definition) is 0. The predicted molar refractivity (Wildman–Crippen MR) is 63.4 cm³/mol. The molecule has 0 saturated carbocycles. The normalized spacial score (nSPS) is 11.0. The van der Waals surface area contributed by atoms with Gasteiger partial charge in [0.15, 0.2) is 5.78 Å². The first-order chi connectivity index (χ1) is 7.98. The minimum Gasteiger partial charge on any atom is -0.465 e. The summed E-state index contributed by atoms with van der Waals surface area (Å²) < 4.78 is 4.89. The molecule has 4 heteroatoms. The van der Waals surface area contributed by atoms with Crippen LogP contribution in [0, 0.1) is 5.41 Å². The summed E-state index contributed by atoms with van der Waals surface area (Å²) in [7, 11) is 0. The van der Waals surface area contributed by atoms with Crippen LogP contribution in [0.4, 0.5) is 0 Å². The van der Waals surface area contributed by atoms with Crippen LogP contribution in [0.15, 0.2) is 24.4 Å². The number of esters is 1. The van der Waals surface area contributed by atoms with Gasteiger partial charge < -0.3 is 4.74 Å². The molecule has 0 fully saturated rings. The van der Waals surface area contributed by atoms with E-state index < -0.39 is 11.4 Å². The highest BCUT2D eigenvalue weighted by Crippen LogP contribution is 2.20. The van der Waals surface area contributed by atoms with E-state index in [1.165, 1.54) is 0 Å². The third kappa shape index (κ3) is 3.37. The van der Waals surface area contributed by atoms with Gasteiger partial charge in [-0.25, -0.2) is 0 Å². The van der Waals surface area contributed by atoms with Gasteiger partial charge in [-0.15, -0.1) is 0 Å². The van der Waals surface area contributed by atoms with Crippen LogP contribution in [-0.4, -0.2) is 23.3 Å². The van der Waals surface area contributed by atoms with Gasteiger partial charge in [-0.3, -0.25) is 14.6 Å². The first kappa shape index (κ1) is 13.4. The zero-order chi connectivity index (χ0) is 12.9. The van der Waals surface area contributed by atoms with E-state index in [0.717, 1.165) is 0 Å². The largest absolute Gasteiger partial charge is 0.465 e. The number of carbonyl (C=O) groups excluding carboxylic acids is 2. The number of Topliss-reactive ketones (excluding diaryl/α,β-unsaturated/α-hetero) is 1. The van der Waals surface area contributed by atoms with E-state index in [1.54, 1.807) is 39.1 Å². The lowest BCUT2D eigenvalue weighted by atomic mass is 9.86. The molecule has 0 aliphatic carbocycles. The second-order valence-electron chi connectivity index (χ2n) is 4.27. The number of rotatable bonds is 5. The van der Waals surface area contributed by atoms with Crippen molar-refractivity contribution < 1.29 is 14.3 Å². The SMILES string of the molecule is CCOC(=O)C(C)(C)C(=O)Cc1ccccn1. The summed E-state index contributed by atoms with van der Waals surface area (Å²) in [4.78, 5) is 27.7. The highest BCUT2D eigenvalue weighted by atomic mass is 16.5. The van der Waals surface area contributed by atoms with Gasteiger partial charge in [0.1, 0.15) is 5.41 Å². The summed E-state index contributed by atoms with van der Waals surface area (Å²) in [6, 6.07) is 5.36. The fourth-order valence-corrected chi connectivity index (χ4v) is 1.31. The quantitative estimate of drug-likeness (QED) is 0.576. The zero-order valence-corrected chi connectivity index (χ0v) is 10.4. The maximum Gasteiger partial charge on any atom is 0.319 e. The molecule has 0 radical (unpaired) electrons. The Kier molecular flexibility index (Phi) is 4.37. The molecule has 0 bridgehead atoms. The van der Waals surface area contributed by atoms with Crippen LogP contribution in [0.2, 0.25) is 0 Å².